The van der Waals surface area contributed by atoms with Crippen molar-refractivity contribution < 1.29 is 9.53 Å². The van der Waals surface area contributed by atoms with Gasteiger partial charge in [-0.25, -0.2) is 0 Å². The monoisotopic (exact) mass is 197 g/mol. The molecule has 0 aromatic heterocycles. The molecule has 2 rings (SSSR count). The van der Waals surface area contributed by atoms with Crippen LogP contribution in [0.5, 0.6) is 0 Å². The Labute approximate surface area is 85.4 Å². The Kier molecular flexibility index (Phi) is 2.52. The number of carbonyl (C=O) groups is 1. The molecular formula is C11H19NO2. The van der Waals surface area contributed by atoms with Gasteiger partial charge in [0.25, 0.3) is 0 Å². The lowest BCUT2D eigenvalue weighted by Gasteiger charge is -2.29. The third-order valence-corrected chi connectivity index (χ3v) is 3.48. The predicted molar refractivity (Wildman–Crippen MR) is 54.0 cm³/mol. The van der Waals surface area contributed by atoms with Crippen molar-refractivity contribution >= 4 is 5.97 Å². The molecule has 0 radical (unpaired) electrons. The number of nitrogens with zero attached hydrogens (tertiary/aromatic N) is 1. The van der Waals surface area contributed by atoms with Crippen LogP contribution in [0.4, 0.5) is 0 Å². The Morgan fingerprint density at radius 2 is 2.29 bits per heavy atom. The molecule has 1 saturated heterocycles. The van der Waals surface area contributed by atoms with Crippen LogP contribution in [0, 0.1) is 0 Å². The normalized spacial score (nSPS) is 30.3. The van der Waals surface area contributed by atoms with Gasteiger partial charge >= 0.3 is 5.97 Å². The highest BCUT2D eigenvalue weighted by molar-refractivity contribution is 5.84. The van der Waals surface area contributed by atoms with Gasteiger partial charge in [0.15, 0.2) is 0 Å². The van der Waals surface area contributed by atoms with E-state index in [9.17, 15) is 4.79 Å². The summed E-state index contributed by atoms with van der Waals surface area (Å²) in [6.45, 7) is 5.66. The second-order valence-electron chi connectivity index (χ2n) is 4.44. The largest absolute Gasteiger partial charge is 0.465 e. The van der Waals surface area contributed by atoms with Gasteiger partial charge in [-0.2, -0.15) is 0 Å². The lowest BCUT2D eigenvalue weighted by Crippen LogP contribution is -2.46. The molecule has 0 aromatic carbocycles. The van der Waals surface area contributed by atoms with Crippen molar-refractivity contribution in [3.05, 3.63) is 0 Å². The van der Waals surface area contributed by atoms with E-state index in [-0.39, 0.29) is 11.5 Å². The van der Waals surface area contributed by atoms with E-state index in [1.165, 1.54) is 12.8 Å². The Morgan fingerprint density at radius 3 is 2.71 bits per heavy atom. The average molecular weight is 197 g/mol. The molecule has 1 aliphatic heterocycles. The Morgan fingerprint density at radius 1 is 1.57 bits per heavy atom. The SMILES string of the molecule is CCOC(=O)C1(N2CCCC2C)CC1. The molecular weight excluding hydrogens is 178 g/mol. The van der Waals surface area contributed by atoms with E-state index in [0.717, 1.165) is 19.4 Å². The summed E-state index contributed by atoms with van der Waals surface area (Å²) in [6, 6.07) is 0.557. The molecule has 80 valence electrons. The zero-order valence-electron chi connectivity index (χ0n) is 9.08. The highest BCUT2D eigenvalue weighted by atomic mass is 16.5. The number of ether oxygens (including phenoxy) is 1. The molecule has 1 unspecified atom stereocenters. The summed E-state index contributed by atoms with van der Waals surface area (Å²) in [7, 11) is 0. The second-order valence-corrected chi connectivity index (χ2v) is 4.44. The third-order valence-electron chi connectivity index (χ3n) is 3.48. The van der Waals surface area contributed by atoms with Gasteiger partial charge in [0.1, 0.15) is 5.54 Å². The molecule has 0 spiro atoms. The zero-order chi connectivity index (χ0) is 10.2. The van der Waals surface area contributed by atoms with Crippen LogP contribution in [-0.2, 0) is 9.53 Å². The van der Waals surface area contributed by atoms with Gasteiger partial charge < -0.3 is 4.74 Å². The van der Waals surface area contributed by atoms with Crippen molar-refractivity contribution in [2.75, 3.05) is 13.2 Å². The summed E-state index contributed by atoms with van der Waals surface area (Å²) in [5, 5.41) is 0. The van der Waals surface area contributed by atoms with E-state index < -0.39 is 0 Å². The van der Waals surface area contributed by atoms with Gasteiger partial charge in [0.05, 0.1) is 6.61 Å². The summed E-state index contributed by atoms with van der Waals surface area (Å²) in [6.07, 6.45) is 4.44. The molecule has 14 heavy (non-hydrogen) atoms. The van der Waals surface area contributed by atoms with E-state index in [1.807, 2.05) is 6.92 Å². The van der Waals surface area contributed by atoms with Gasteiger partial charge in [-0.1, -0.05) is 0 Å². The van der Waals surface area contributed by atoms with Gasteiger partial charge in [-0.05, 0) is 46.1 Å². The molecule has 1 atom stereocenters. The maximum absolute atomic E-state index is 11.8. The molecule has 0 bridgehead atoms. The number of likely N-dealkylation sites (tertiary alicyclic amines) is 1. The molecule has 3 heteroatoms. The zero-order valence-corrected chi connectivity index (χ0v) is 9.08. The first-order valence-corrected chi connectivity index (χ1v) is 5.64. The van der Waals surface area contributed by atoms with Gasteiger partial charge in [-0.3, -0.25) is 9.69 Å². The van der Waals surface area contributed by atoms with Gasteiger partial charge in [-0.15, -0.1) is 0 Å². The van der Waals surface area contributed by atoms with E-state index >= 15 is 0 Å². The van der Waals surface area contributed by atoms with Crippen molar-refractivity contribution in [2.24, 2.45) is 0 Å². The van der Waals surface area contributed by atoms with E-state index in [2.05, 4.69) is 11.8 Å². The molecule has 2 aliphatic rings. The fraction of sp³-hybridized carbons (Fsp3) is 0.909. The molecule has 3 nitrogen and oxygen atoms in total. The first-order valence-electron chi connectivity index (χ1n) is 5.64. The summed E-state index contributed by atoms with van der Waals surface area (Å²) in [5.74, 6) is 0.00810. The fourth-order valence-electron chi connectivity index (χ4n) is 2.56. The summed E-state index contributed by atoms with van der Waals surface area (Å²) < 4.78 is 5.15. The lowest BCUT2D eigenvalue weighted by atomic mass is 10.2. The predicted octanol–water partition coefficient (Wildman–Crippen LogP) is 1.57. The van der Waals surface area contributed by atoms with Crippen LogP contribution in [0.15, 0.2) is 0 Å². The van der Waals surface area contributed by atoms with E-state index in [0.29, 0.717) is 12.6 Å². The molecule has 1 saturated carbocycles. The van der Waals surface area contributed by atoms with Crippen molar-refractivity contribution in [1.82, 2.24) is 4.90 Å². The first kappa shape index (κ1) is 9.97. The van der Waals surface area contributed by atoms with Crippen molar-refractivity contribution in [3.63, 3.8) is 0 Å². The lowest BCUT2D eigenvalue weighted by molar-refractivity contribution is -0.151. The maximum Gasteiger partial charge on any atom is 0.326 e. The van der Waals surface area contributed by atoms with Crippen molar-refractivity contribution in [1.29, 1.82) is 0 Å². The molecule has 2 fully saturated rings. The minimum atomic E-state index is -0.216. The number of esters is 1. The quantitative estimate of drug-likeness (QED) is 0.643. The second kappa shape index (κ2) is 3.54. The highest BCUT2D eigenvalue weighted by Crippen LogP contribution is 2.46. The highest BCUT2D eigenvalue weighted by Gasteiger charge is 2.57. The van der Waals surface area contributed by atoms with Crippen LogP contribution in [0.2, 0.25) is 0 Å². The fourth-order valence-corrected chi connectivity index (χ4v) is 2.56. The van der Waals surface area contributed by atoms with Crippen LogP contribution < -0.4 is 0 Å². The van der Waals surface area contributed by atoms with Crippen LogP contribution in [0.25, 0.3) is 0 Å². The minimum absolute atomic E-state index is 0.00810. The maximum atomic E-state index is 11.8. The number of carbonyl (C=O) groups excluding carboxylic acids is 1. The smallest absolute Gasteiger partial charge is 0.326 e. The van der Waals surface area contributed by atoms with E-state index in [4.69, 9.17) is 4.74 Å². The third kappa shape index (κ3) is 1.44. The number of hydrogen-bond donors (Lipinski definition) is 0. The molecule has 1 aliphatic carbocycles. The van der Waals surface area contributed by atoms with Gasteiger partial charge in [0.2, 0.25) is 0 Å². The average Bonchev–Trinajstić information content (AvgIpc) is 2.85. The molecule has 1 heterocycles. The Bertz CT molecular complexity index is 235. The standard InChI is InChI=1S/C11H19NO2/c1-3-14-10(13)11(6-7-11)12-8-4-5-9(12)2/h9H,3-8H2,1-2H3. The Hall–Kier alpha value is -0.570. The van der Waals surface area contributed by atoms with Crippen LogP contribution >= 0.6 is 0 Å². The van der Waals surface area contributed by atoms with Crippen LogP contribution in [0.1, 0.15) is 39.5 Å². The molecule has 0 aromatic rings. The summed E-state index contributed by atoms with van der Waals surface area (Å²) >= 11 is 0. The molecule has 0 amide bonds. The van der Waals surface area contributed by atoms with E-state index in [1.54, 1.807) is 0 Å². The number of hydrogen-bond acceptors (Lipinski definition) is 3. The first-order chi connectivity index (χ1) is 6.70. The van der Waals surface area contributed by atoms with Crippen LogP contribution in [0.3, 0.4) is 0 Å². The minimum Gasteiger partial charge on any atom is -0.465 e. The topological polar surface area (TPSA) is 29.5 Å². The number of rotatable bonds is 3. The Balaban J connectivity index is 2.04. The van der Waals surface area contributed by atoms with Gasteiger partial charge in [0, 0.05) is 6.04 Å². The molecule has 0 N–H and O–H groups in total. The van der Waals surface area contributed by atoms with Crippen molar-refractivity contribution in [3.8, 4) is 0 Å². The van der Waals surface area contributed by atoms with Crippen LogP contribution in [-0.4, -0.2) is 35.6 Å². The summed E-state index contributed by atoms with van der Waals surface area (Å²) in [4.78, 5) is 14.1. The van der Waals surface area contributed by atoms with Crippen molar-refractivity contribution in [2.45, 2.75) is 51.1 Å². The summed E-state index contributed by atoms with van der Waals surface area (Å²) in [5.41, 5.74) is -0.216.